The van der Waals surface area contributed by atoms with Crippen LogP contribution in [0.25, 0.3) is 11.0 Å². The predicted molar refractivity (Wildman–Crippen MR) is 133 cm³/mol. The van der Waals surface area contributed by atoms with Crippen LogP contribution in [-0.4, -0.2) is 43.0 Å². The molecule has 1 aromatic carbocycles. The summed E-state index contributed by atoms with van der Waals surface area (Å²) in [5.41, 5.74) is 1.66. The Morgan fingerprint density at radius 1 is 0.857 bits per heavy atom. The monoisotopic (exact) mass is 469 g/mol. The Labute approximate surface area is 202 Å². The van der Waals surface area contributed by atoms with E-state index in [-0.39, 0.29) is 24.5 Å². The van der Waals surface area contributed by atoms with Gasteiger partial charge in [0.05, 0.1) is 12.1 Å². The maximum atomic E-state index is 13.4. The quantitative estimate of drug-likeness (QED) is 0.433. The van der Waals surface area contributed by atoms with Crippen molar-refractivity contribution in [1.82, 2.24) is 24.0 Å². The number of benzene rings is 1. The number of rotatable bonds is 6. The van der Waals surface area contributed by atoms with Crippen LogP contribution >= 0.6 is 0 Å². The lowest BCUT2D eigenvalue weighted by atomic mass is 9.90. The maximum absolute atomic E-state index is 13.4. The van der Waals surface area contributed by atoms with Crippen molar-refractivity contribution in [1.29, 1.82) is 0 Å². The largest absolute Gasteiger partial charge is 0.341 e. The van der Waals surface area contributed by atoms with E-state index in [0.29, 0.717) is 24.5 Å². The number of carbonyl (C=O) groups excluding carboxylic acids is 1. The molecular weight excluding hydrogens is 442 g/mol. The van der Waals surface area contributed by atoms with E-state index in [1.807, 2.05) is 11.0 Å². The molecule has 178 valence electrons. The van der Waals surface area contributed by atoms with Crippen LogP contribution in [0.2, 0.25) is 0 Å². The van der Waals surface area contributed by atoms with Crippen molar-refractivity contribution in [2.24, 2.45) is 5.92 Å². The molecule has 8 heteroatoms. The zero-order valence-electron chi connectivity index (χ0n) is 19.4. The molecule has 4 aromatic rings. The number of piperidine rings is 1. The van der Waals surface area contributed by atoms with E-state index in [2.05, 4.69) is 34.2 Å². The van der Waals surface area contributed by atoms with E-state index < -0.39 is 11.2 Å². The average Bonchev–Trinajstić information content (AvgIpc) is 2.90. The van der Waals surface area contributed by atoms with Crippen LogP contribution in [0, 0.1) is 5.92 Å². The summed E-state index contributed by atoms with van der Waals surface area (Å²) in [6.07, 6.45) is 7.62. The van der Waals surface area contributed by atoms with Gasteiger partial charge >= 0.3 is 5.69 Å². The van der Waals surface area contributed by atoms with E-state index in [0.717, 1.165) is 29.4 Å². The third-order valence-corrected chi connectivity index (χ3v) is 6.70. The van der Waals surface area contributed by atoms with Crippen molar-refractivity contribution >= 4 is 16.9 Å². The first-order chi connectivity index (χ1) is 17.1. The Bertz CT molecular complexity index is 1440. The standard InChI is InChI=1S/C27H27N5O3/c33-24(30-15-10-21(11-16-30)17-20-5-2-1-3-6-20)19-31-23-7-4-12-29-25(23)26(34)32(27(31)35)18-22-8-13-28-14-9-22/h1-9,12-14,21H,10-11,15-19H2. The number of carbonyl (C=O) groups is 1. The molecule has 0 bridgehead atoms. The molecule has 0 N–H and O–H groups in total. The Kier molecular flexibility index (Phi) is 6.52. The summed E-state index contributed by atoms with van der Waals surface area (Å²) < 4.78 is 2.52. The molecule has 0 atom stereocenters. The smallest absolute Gasteiger partial charge is 0.332 e. The van der Waals surface area contributed by atoms with Crippen LogP contribution in [0.5, 0.6) is 0 Å². The molecule has 1 amide bonds. The lowest BCUT2D eigenvalue weighted by Gasteiger charge is -2.32. The van der Waals surface area contributed by atoms with Crippen LogP contribution in [0.1, 0.15) is 24.0 Å². The molecule has 0 aliphatic carbocycles. The molecule has 35 heavy (non-hydrogen) atoms. The molecular formula is C27H27N5O3. The summed E-state index contributed by atoms with van der Waals surface area (Å²) in [6.45, 7) is 1.29. The minimum atomic E-state index is -0.514. The number of likely N-dealkylation sites (tertiary alicyclic amines) is 1. The first-order valence-electron chi connectivity index (χ1n) is 11.9. The van der Waals surface area contributed by atoms with Crippen molar-refractivity contribution < 1.29 is 4.79 Å². The number of fused-ring (bicyclic) bond motifs is 1. The van der Waals surface area contributed by atoms with Gasteiger partial charge in [-0.25, -0.2) is 9.78 Å². The number of pyridine rings is 2. The molecule has 0 spiro atoms. The Balaban J connectivity index is 1.36. The summed E-state index contributed by atoms with van der Waals surface area (Å²) in [4.78, 5) is 49.7. The van der Waals surface area contributed by atoms with Gasteiger partial charge in [-0.2, -0.15) is 0 Å². The average molecular weight is 470 g/mol. The molecule has 1 aliphatic heterocycles. The normalized spacial score (nSPS) is 14.3. The second-order valence-corrected chi connectivity index (χ2v) is 9.00. The molecule has 4 heterocycles. The van der Waals surface area contributed by atoms with Crippen molar-refractivity contribution in [3.05, 3.63) is 105 Å². The van der Waals surface area contributed by atoms with E-state index >= 15 is 0 Å². The zero-order valence-corrected chi connectivity index (χ0v) is 19.4. The van der Waals surface area contributed by atoms with Crippen LogP contribution in [0.3, 0.4) is 0 Å². The second-order valence-electron chi connectivity index (χ2n) is 9.00. The lowest BCUT2D eigenvalue weighted by molar-refractivity contribution is -0.133. The minimum Gasteiger partial charge on any atom is -0.341 e. The van der Waals surface area contributed by atoms with Gasteiger partial charge in [-0.05, 0) is 60.6 Å². The van der Waals surface area contributed by atoms with Crippen LogP contribution in [0.15, 0.2) is 82.8 Å². The Morgan fingerprint density at radius 3 is 2.34 bits per heavy atom. The van der Waals surface area contributed by atoms with Gasteiger partial charge in [0, 0.05) is 31.7 Å². The molecule has 0 radical (unpaired) electrons. The molecule has 1 saturated heterocycles. The van der Waals surface area contributed by atoms with E-state index in [1.54, 1.807) is 36.7 Å². The minimum absolute atomic E-state index is 0.0891. The van der Waals surface area contributed by atoms with Gasteiger partial charge in [-0.3, -0.25) is 23.7 Å². The van der Waals surface area contributed by atoms with Gasteiger partial charge in [0.1, 0.15) is 6.54 Å². The first-order valence-corrected chi connectivity index (χ1v) is 11.9. The highest BCUT2D eigenvalue weighted by Gasteiger charge is 2.24. The van der Waals surface area contributed by atoms with Crippen LogP contribution in [-0.2, 0) is 24.3 Å². The molecule has 1 aliphatic rings. The lowest BCUT2D eigenvalue weighted by Crippen LogP contribution is -2.45. The summed E-state index contributed by atoms with van der Waals surface area (Å²) in [5.74, 6) is 0.418. The van der Waals surface area contributed by atoms with Crippen molar-refractivity contribution in [2.75, 3.05) is 13.1 Å². The summed E-state index contributed by atoms with van der Waals surface area (Å²) in [7, 11) is 0. The highest BCUT2D eigenvalue weighted by molar-refractivity contribution is 5.79. The highest BCUT2D eigenvalue weighted by atomic mass is 16.2. The Morgan fingerprint density at radius 2 is 1.60 bits per heavy atom. The molecule has 3 aromatic heterocycles. The number of nitrogens with zero attached hydrogens (tertiary/aromatic N) is 5. The Hall–Kier alpha value is -4.07. The van der Waals surface area contributed by atoms with E-state index in [9.17, 15) is 14.4 Å². The first kappa shape index (κ1) is 22.7. The number of hydrogen-bond donors (Lipinski definition) is 0. The topological polar surface area (TPSA) is 90.1 Å². The van der Waals surface area contributed by atoms with E-state index in [1.165, 1.54) is 16.3 Å². The van der Waals surface area contributed by atoms with Crippen LogP contribution < -0.4 is 11.2 Å². The molecule has 8 nitrogen and oxygen atoms in total. The summed E-state index contributed by atoms with van der Waals surface area (Å²) >= 11 is 0. The van der Waals surface area contributed by atoms with Crippen molar-refractivity contribution in [3.63, 3.8) is 0 Å². The van der Waals surface area contributed by atoms with Gasteiger partial charge in [0.25, 0.3) is 5.56 Å². The third kappa shape index (κ3) is 4.91. The summed E-state index contributed by atoms with van der Waals surface area (Å²) in [6, 6.07) is 17.3. The predicted octanol–water partition coefficient (Wildman–Crippen LogP) is 2.48. The third-order valence-electron chi connectivity index (χ3n) is 6.70. The molecule has 0 unspecified atom stereocenters. The van der Waals surface area contributed by atoms with Crippen LogP contribution in [0.4, 0.5) is 0 Å². The zero-order chi connectivity index (χ0) is 24.2. The van der Waals surface area contributed by atoms with Crippen molar-refractivity contribution in [2.45, 2.75) is 32.4 Å². The maximum Gasteiger partial charge on any atom is 0.332 e. The summed E-state index contributed by atoms with van der Waals surface area (Å²) in [5, 5.41) is 0. The fraction of sp³-hybridized carbons (Fsp3) is 0.296. The van der Waals surface area contributed by atoms with Gasteiger partial charge in [-0.1, -0.05) is 30.3 Å². The number of aromatic nitrogens is 4. The highest BCUT2D eigenvalue weighted by Crippen LogP contribution is 2.22. The van der Waals surface area contributed by atoms with Gasteiger partial charge in [0.2, 0.25) is 5.91 Å². The molecule has 0 saturated carbocycles. The van der Waals surface area contributed by atoms with E-state index in [4.69, 9.17) is 0 Å². The van der Waals surface area contributed by atoms with Gasteiger partial charge in [-0.15, -0.1) is 0 Å². The number of amides is 1. The second kappa shape index (κ2) is 10.0. The van der Waals surface area contributed by atoms with Gasteiger partial charge < -0.3 is 4.90 Å². The molecule has 1 fully saturated rings. The number of hydrogen-bond acceptors (Lipinski definition) is 5. The fourth-order valence-electron chi connectivity index (χ4n) is 4.78. The van der Waals surface area contributed by atoms with Crippen molar-refractivity contribution in [3.8, 4) is 0 Å². The van der Waals surface area contributed by atoms with Gasteiger partial charge in [0.15, 0.2) is 5.52 Å². The molecule has 5 rings (SSSR count). The SMILES string of the molecule is O=C(Cn1c(=O)n(Cc2ccncc2)c(=O)c2ncccc21)N1CCC(Cc2ccccc2)CC1. The fourth-order valence-corrected chi connectivity index (χ4v) is 4.78.